The molecule has 0 spiro atoms. The van der Waals surface area contributed by atoms with Crippen molar-refractivity contribution >= 4 is 37.5 Å². The maximum Gasteiger partial charge on any atom is 0.366 e. The second kappa shape index (κ2) is 9.30. The van der Waals surface area contributed by atoms with Crippen molar-refractivity contribution in [1.29, 1.82) is 0 Å². The Labute approximate surface area is 163 Å². The van der Waals surface area contributed by atoms with E-state index in [2.05, 4.69) is 60.9 Å². The van der Waals surface area contributed by atoms with E-state index in [9.17, 15) is 0 Å². The van der Waals surface area contributed by atoms with Gasteiger partial charge in [0, 0.05) is 33.9 Å². The first-order valence-electron chi connectivity index (χ1n) is 8.70. The predicted octanol–water partition coefficient (Wildman–Crippen LogP) is 5.94. The Hall–Kier alpha value is -3.46. The zero-order chi connectivity index (χ0) is 19.8. The molecule has 0 N–H and O–H groups in total. The van der Waals surface area contributed by atoms with Crippen LogP contribution in [0.3, 0.4) is 0 Å². The number of nitrogens with zero attached hydrogens (tertiary/aromatic N) is 2. The zero-order valence-corrected chi connectivity index (χ0v) is 15.8. The van der Waals surface area contributed by atoms with E-state index in [1.165, 1.54) is 0 Å². The summed E-state index contributed by atoms with van der Waals surface area (Å²) in [7, 11) is 0.549. The van der Waals surface area contributed by atoms with Crippen LogP contribution in [0, 0.1) is 0 Å². The van der Waals surface area contributed by atoms with Crippen LogP contribution in [0.4, 0.5) is 5.69 Å². The smallest absolute Gasteiger partial charge is 0.366 e. The molecule has 2 nitrogen and oxygen atoms in total. The Balaban J connectivity index is 2.71. The third-order valence-electron chi connectivity index (χ3n) is 4.38. The summed E-state index contributed by atoms with van der Waals surface area (Å²) in [5.74, 6) is 0. The minimum Gasteiger partial charge on any atom is -0.369 e. The van der Waals surface area contributed by atoms with Gasteiger partial charge in [-0.15, -0.1) is 0 Å². The molecule has 0 saturated heterocycles. The van der Waals surface area contributed by atoms with Gasteiger partial charge >= 0.3 is 7.55 Å². The molecule has 134 valence electrons. The molecule has 0 aliphatic carbocycles. The van der Waals surface area contributed by atoms with E-state index < -0.39 is 0 Å². The van der Waals surface area contributed by atoms with Gasteiger partial charge in [0.2, 0.25) is 0 Å². The fraction of sp³-hybridized carbons (Fsp3) is 0. The van der Waals surface area contributed by atoms with E-state index in [0.29, 0.717) is 7.55 Å². The normalized spacial score (nSPS) is 10.6. The van der Waals surface area contributed by atoms with Gasteiger partial charge in [0.15, 0.2) is 0 Å². The number of hydrogen-bond acceptors (Lipinski definition) is 1. The molecule has 1 heterocycles. The monoisotopic (exact) mass is 352 g/mol. The molecule has 2 rings (SSSR count). The Morgan fingerprint density at radius 2 is 1.37 bits per heavy atom. The third-order valence-corrected chi connectivity index (χ3v) is 4.38. The predicted molar refractivity (Wildman–Crippen MR) is 125 cm³/mol. The molecular weight excluding hydrogens is 327 g/mol. The van der Waals surface area contributed by atoms with Crippen LogP contribution in [0.15, 0.2) is 93.7 Å². The van der Waals surface area contributed by atoms with Crippen molar-refractivity contribution in [2.45, 2.75) is 0 Å². The lowest BCUT2D eigenvalue weighted by Crippen LogP contribution is -2.33. The number of anilines is 1. The van der Waals surface area contributed by atoms with Gasteiger partial charge in [-0.05, 0) is 36.4 Å². The molecule has 1 aromatic heterocycles. The van der Waals surface area contributed by atoms with Crippen LogP contribution < -0.4 is 4.81 Å². The number of rotatable bonds is 10. The van der Waals surface area contributed by atoms with Gasteiger partial charge in [-0.2, -0.15) is 0 Å². The second-order valence-corrected chi connectivity index (χ2v) is 5.78. The van der Waals surface area contributed by atoms with Crippen LogP contribution in [0.25, 0.3) is 24.3 Å². The molecule has 1 aromatic carbocycles. The van der Waals surface area contributed by atoms with Crippen molar-refractivity contribution in [2.75, 3.05) is 4.81 Å². The molecule has 0 unspecified atom stereocenters. The van der Waals surface area contributed by atoms with Gasteiger partial charge in [0.05, 0.1) is 0 Å². The van der Waals surface area contributed by atoms with E-state index in [0.717, 1.165) is 33.9 Å². The van der Waals surface area contributed by atoms with Crippen LogP contribution >= 0.6 is 0 Å². The van der Waals surface area contributed by atoms with Gasteiger partial charge < -0.3 is 9.29 Å². The van der Waals surface area contributed by atoms with Crippen molar-refractivity contribution in [3.8, 4) is 0 Å². The number of benzene rings is 1. The maximum absolute atomic E-state index is 4.00. The quantitative estimate of drug-likeness (QED) is 0.380. The zero-order valence-electron chi connectivity index (χ0n) is 15.8. The average Bonchev–Trinajstić information content (AvgIpc) is 3.02. The highest BCUT2D eigenvalue weighted by atomic mass is 15.1. The van der Waals surface area contributed by atoms with Crippen LogP contribution in [-0.2, 0) is 0 Å². The fourth-order valence-corrected chi connectivity index (χ4v) is 3.17. The molecular formula is C24H25BN2. The SMILES string of the molecule is C=C/C=C(\C=C)N(Bn1c(C=C)c(C=C)c(C=C)c1C=C)c1ccccc1. The van der Waals surface area contributed by atoms with Crippen molar-refractivity contribution < 1.29 is 0 Å². The number of hydrogen-bond donors (Lipinski definition) is 0. The van der Waals surface area contributed by atoms with Crippen LogP contribution in [-0.4, -0.2) is 12.0 Å². The van der Waals surface area contributed by atoms with E-state index in [4.69, 9.17) is 0 Å². The second-order valence-electron chi connectivity index (χ2n) is 5.78. The molecule has 0 aliphatic heterocycles. The summed E-state index contributed by atoms with van der Waals surface area (Å²) in [4.78, 5) is 2.16. The fourth-order valence-electron chi connectivity index (χ4n) is 3.17. The molecule has 0 bridgehead atoms. The van der Waals surface area contributed by atoms with E-state index in [-0.39, 0.29) is 0 Å². The largest absolute Gasteiger partial charge is 0.369 e. The minimum atomic E-state index is 0.549. The molecule has 0 fully saturated rings. The lowest BCUT2D eigenvalue weighted by molar-refractivity contribution is 1.13. The summed E-state index contributed by atoms with van der Waals surface area (Å²) in [5, 5.41) is 0. The lowest BCUT2D eigenvalue weighted by atomic mass is 10.0. The average molecular weight is 352 g/mol. The summed E-state index contributed by atoms with van der Waals surface area (Å²) < 4.78 is 2.15. The number of allylic oxidation sites excluding steroid dienone is 3. The summed E-state index contributed by atoms with van der Waals surface area (Å²) in [5.41, 5.74) is 5.92. The topological polar surface area (TPSA) is 8.17 Å². The van der Waals surface area contributed by atoms with Crippen molar-refractivity contribution in [3.05, 3.63) is 116 Å². The molecule has 0 radical (unpaired) electrons. The Morgan fingerprint density at radius 1 is 0.815 bits per heavy atom. The summed E-state index contributed by atoms with van der Waals surface area (Å²) in [6.07, 6.45) is 12.9. The number of para-hydroxylation sites is 1. The first-order valence-corrected chi connectivity index (χ1v) is 8.70. The highest BCUT2D eigenvalue weighted by Gasteiger charge is 2.20. The first-order chi connectivity index (χ1) is 13.2. The number of aromatic nitrogens is 1. The standard InChI is InChI=1S/C24H25BN2/c1-7-16-19(8-2)26(20-17-14-13-15-18-20)25-27-23(11-5)21(9-3)22(10-4)24(27)12-6/h7-18,25H,1-6H2/b19-16+. The van der Waals surface area contributed by atoms with Gasteiger partial charge in [0.25, 0.3) is 0 Å². The van der Waals surface area contributed by atoms with Crippen LogP contribution in [0.1, 0.15) is 22.5 Å². The molecule has 0 aliphatic rings. The molecule has 0 amide bonds. The van der Waals surface area contributed by atoms with Gasteiger partial charge in [0.1, 0.15) is 0 Å². The summed E-state index contributed by atoms with van der Waals surface area (Å²) in [6, 6.07) is 10.2. The van der Waals surface area contributed by atoms with E-state index >= 15 is 0 Å². The van der Waals surface area contributed by atoms with Crippen molar-refractivity contribution in [1.82, 2.24) is 4.48 Å². The van der Waals surface area contributed by atoms with Crippen molar-refractivity contribution in [3.63, 3.8) is 0 Å². The Morgan fingerprint density at radius 3 is 1.78 bits per heavy atom. The van der Waals surface area contributed by atoms with E-state index in [1.807, 2.05) is 54.7 Å². The molecule has 2 aromatic rings. The highest BCUT2D eigenvalue weighted by molar-refractivity contribution is 6.42. The minimum absolute atomic E-state index is 0.549. The van der Waals surface area contributed by atoms with E-state index in [1.54, 1.807) is 6.08 Å². The van der Waals surface area contributed by atoms with Crippen LogP contribution in [0.2, 0.25) is 0 Å². The molecule has 3 heteroatoms. The van der Waals surface area contributed by atoms with Gasteiger partial charge in [-0.3, -0.25) is 0 Å². The molecule has 27 heavy (non-hydrogen) atoms. The van der Waals surface area contributed by atoms with Gasteiger partial charge in [-0.25, -0.2) is 0 Å². The molecule has 0 saturated carbocycles. The Kier molecular flexibility index (Phi) is 6.84. The maximum atomic E-state index is 4.00. The van der Waals surface area contributed by atoms with Crippen molar-refractivity contribution in [2.24, 2.45) is 0 Å². The molecule has 0 atom stereocenters. The van der Waals surface area contributed by atoms with Gasteiger partial charge in [-0.1, -0.05) is 75.9 Å². The summed E-state index contributed by atoms with van der Waals surface area (Å²) in [6.45, 7) is 23.7. The van der Waals surface area contributed by atoms with Crippen LogP contribution in [0.5, 0.6) is 0 Å². The Bertz CT molecular complexity index is 876. The third kappa shape index (κ3) is 3.88. The first kappa shape index (κ1) is 19.9. The summed E-state index contributed by atoms with van der Waals surface area (Å²) >= 11 is 0. The highest BCUT2D eigenvalue weighted by Crippen LogP contribution is 2.28. The lowest BCUT2D eigenvalue weighted by Gasteiger charge is -2.27.